The number of piperidine rings is 1. The molecule has 0 saturated carbocycles. The topological polar surface area (TPSA) is 72.4 Å². The Morgan fingerprint density at radius 3 is 2.95 bits per heavy atom. The molecule has 1 unspecified atom stereocenters. The zero-order valence-corrected chi connectivity index (χ0v) is 12.6. The zero-order valence-electron chi connectivity index (χ0n) is 11.8. The fourth-order valence-electron chi connectivity index (χ4n) is 2.46. The summed E-state index contributed by atoms with van der Waals surface area (Å²) in [6.45, 7) is 2.62. The molecule has 6 nitrogen and oxygen atoms in total. The van der Waals surface area contributed by atoms with E-state index >= 15 is 0 Å². The molecule has 2 heterocycles. The Hall–Kier alpha value is -1.50. The van der Waals surface area contributed by atoms with Gasteiger partial charge in [0.2, 0.25) is 0 Å². The van der Waals surface area contributed by atoms with Gasteiger partial charge in [0.15, 0.2) is 0 Å². The SMILES string of the molecule is CCCc1nnsc1C(=O)N1CCCCC1C(=O)OC. The van der Waals surface area contributed by atoms with Crippen LogP contribution in [0.5, 0.6) is 0 Å². The highest BCUT2D eigenvalue weighted by Gasteiger charge is 2.35. The minimum absolute atomic E-state index is 0.140. The number of hydrogen-bond acceptors (Lipinski definition) is 6. The van der Waals surface area contributed by atoms with Crippen molar-refractivity contribution >= 4 is 23.4 Å². The zero-order chi connectivity index (χ0) is 14.5. The van der Waals surface area contributed by atoms with E-state index in [0.717, 1.165) is 42.9 Å². The average molecular weight is 297 g/mol. The summed E-state index contributed by atoms with van der Waals surface area (Å²) in [6.07, 6.45) is 4.15. The van der Waals surface area contributed by atoms with Crippen molar-refractivity contribution in [3.8, 4) is 0 Å². The quantitative estimate of drug-likeness (QED) is 0.790. The number of aromatic nitrogens is 2. The standard InChI is InChI=1S/C13H19N3O3S/c1-3-6-9-11(20-15-14-9)12(17)16-8-5-4-7-10(16)13(18)19-2/h10H,3-8H2,1-2H3. The van der Waals surface area contributed by atoms with E-state index in [1.165, 1.54) is 7.11 Å². The number of likely N-dealkylation sites (tertiary alicyclic amines) is 1. The number of nitrogens with zero attached hydrogens (tertiary/aromatic N) is 3. The van der Waals surface area contributed by atoms with Crippen molar-refractivity contribution in [2.24, 2.45) is 0 Å². The minimum Gasteiger partial charge on any atom is -0.467 e. The third-order valence-corrected chi connectivity index (χ3v) is 4.23. The van der Waals surface area contributed by atoms with Gasteiger partial charge in [-0.2, -0.15) is 0 Å². The van der Waals surface area contributed by atoms with E-state index in [1.54, 1.807) is 4.90 Å². The fraction of sp³-hybridized carbons (Fsp3) is 0.692. The number of hydrogen-bond donors (Lipinski definition) is 0. The maximum Gasteiger partial charge on any atom is 0.328 e. The molecule has 0 bridgehead atoms. The van der Waals surface area contributed by atoms with Crippen LogP contribution in [0.4, 0.5) is 0 Å². The van der Waals surface area contributed by atoms with E-state index in [-0.39, 0.29) is 11.9 Å². The summed E-state index contributed by atoms with van der Waals surface area (Å²) in [5.41, 5.74) is 0.733. The molecule has 1 aliphatic rings. The first-order valence-electron chi connectivity index (χ1n) is 6.89. The van der Waals surface area contributed by atoms with Crippen molar-refractivity contribution in [2.45, 2.75) is 45.1 Å². The smallest absolute Gasteiger partial charge is 0.328 e. The maximum atomic E-state index is 12.6. The molecule has 20 heavy (non-hydrogen) atoms. The van der Waals surface area contributed by atoms with Crippen LogP contribution < -0.4 is 0 Å². The second-order valence-corrected chi connectivity index (χ2v) is 5.59. The highest BCUT2D eigenvalue weighted by molar-refractivity contribution is 7.08. The van der Waals surface area contributed by atoms with Crippen LogP contribution in [0.25, 0.3) is 0 Å². The molecule has 0 aromatic carbocycles. The molecular weight excluding hydrogens is 278 g/mol. The van der Waals surface area contributed by atoms with Crippen molar-refractivity contribution in [3.05, 3.63) is 10.6 Å². The maximum absolute atomic E-state index is 12.6. The van der Waals surface area contributed by atoms with Crippen molar-refractivity contribution in [1.29, 1.82) is 0 Å². The number of methoxy groups -OCH3 is 1. The lowest BCUT2D eigenvalue weighted by Crippen LogP contribution is -2.48. The van der Waals surface area contributed by atoms with Gasteiger partial charge in [0.1, 0.15) is 10.9 Å². The highest BCUT2D eigenvalue weighted by Crippen LogP contribution is 2.23. The highest BCUT2D eigenvalue weighted by atomic mass is 32.1. The van der Waals surface area contributed by atoms with Gasteiger partial charge in [0, 0.05) is 6.54 Å². The Kier molecular flexibility index (Phi) is 5.05. The lowest BCUT2D eigenvalue weighted by Gasteiger charge is -2.33. The van der Waals surface area contributed by atoms with Gasteiger partial charge in [-0.3, -0.25) is 4.79 Å². The first-order valence-corrected chi connectivity index (χ1v) is 7.66. The lowest BCUT2D eigenvalue weighted by molar-refractivity contribution is -0.147. The van der Waals surface area contributed by atoms with Gasteiger partial charge >= 0.3 is 5.97 Å². The minimum atomic E-state index is -0.474. The molecule has 1 aromatic rings. The van der Waals surface area contributed by atoms with Crippen molar-refractivity contribution in [2.75, 3.05) is 13.7 Å². The summed E-state index contributed by atoms with van der Waals surface area (Å²) in [7, 11) is 1.36. The van der Waals surface area contributed by atoms with Crippen LogP contribution in [-0.4, -0.2) is 46.1 Å². The second kappa shape index (κ2) is 6.78. The van der Waals surface area contributed by atoms with Crippen LogP contribution in [0.1, 0.15) is 48.0 Å². The number of carbonyl (C=O) groups is 2. The van der Waals surface area contributed by atoms with Crippen molar-refractivity contribution in [3.63, 3.8) is 0 Å². The number of aryl methyl sites for hydroxylation is 1. The number of carbonyl (C=O) groups excluding carboxylic acids is 2. The predicted molar refractivity (Wildman–Crippen MR) is 74.6 cm³/mol. The molecule has 1 aromatic heterocycles. The van der Waals surface area contributed by atoms with Gasteiger partial charge in [-0.05, 0) is 37.2 Å². The van der Waals surface area contributed by atoms with Crippen molar-refractivity contribution in [1.82, 2.24) is 14.5 Å². The van der Waals surface area contributed by atoms with Gasteiger partial charge in [-0.1, -0.05) is 17.8 Å². The van der Waals surface area contributed by atoms with E-state index in [0.29, 0.717) is 17.8 Å². The Morgan fingerprint density at radius 1 is 1.45 bits per heavy atom. The molecule has 0 radical (unpaired) electrons. The summed E-state index contributed by atoms with van der Waals surface area (Å²) in [4.78, 5) is 26.6. The van der Waals surface area contributed by atoms with Crippen LogP contribution in [0.15, 0.2) is 0 Å². The number of ether oxygens (including phenoxy) is 1. The predicted octanol–water partition coefficient (Wildman–Crippen LogP) is 1.66. The van der Waals surface area contributed by atoms with Crippen LogP contribution in [0.3, 0.4) is 0 Å². The second-order valence-electron chi connectivity index (χ2n) is 4.83. The molecule has 2 rings (SSSR count). The molecule has 0 spiro atoms. The molecule has 1 atom stereocenters. The average Bonchev–Trinajstić information content (AvgIpc) is 2.94. The molecule has 1 aliphatic heterocycles. The molecule has 1 fully saturated rings. The Balaban J connectivity index is 2.21. The van der Waals surface area contributed by atoms with Gasteiger partial charge in [0.25, 0.3) is 5.91 Å². The summed E-state index contributed by atoms with van der Waals surface area (Å²) < 4.78 is 8.68. The fourth-order valence-corrected chi connectivity index (χ4v) is 3.12. The van der Waals surface area contributed by atoms with E-state index in [2.05, 4.69) is 9.59 Å². The summed E-state index contributed by atoms with van der Waals surface area (Å²) in [6, 6.07) is -0.474. The van der Waals surface area contributed by atoms with Crippen LogP contribution in [0, 0.1) is 0 Å². The first kappa shape index (κ1) is 14.9. The molecule has 110 valence electrons. The number of rotatable bonds is 4. The van der Waals surface area contributed by atoms with Crippen LogP contribution >= 0.6 is 11.5 Å². The van der Waals surface area contributed by atoms with Gasteiger partial charge in [-0.15, -0.1) is 5.10 Å². The summed E-state index contributed by atoms with van der Waals surface area (Å²) in [5.74, 6) is -0.480. The van der Waals surface area contributed by atoms with Gasteiger partial charge < -0.3 is 9.64 Å². The molecule has 1 saturated heterocycles. The normalized spacial score (nSPS) is 18.9. The van der Waals surface area contributed by atoms with Gasteiger partial charge in [0.05, 0.1) is 12.8 Å². The van der Waals surface area contributed by atoms with E-state index in [4.69, 9.17) is 4.74 Å². The monoisotopic (exact) mass is 297 g/mol. The number of esters is 1. The largest absolute Gasteiger partial charge is 0.467 e. The molecule has 0 N–H and O–H groups in total. The summed E-state index contributed by atoms with van der Waals surface area (Å²) >= 11 is 1.11. The summed E-state index contributed by atoms with van der Waals surface area (Å²) in [5, 5.41) is 4.02. The van der Waals surface area contributed by atoms with E-state index in [1.807, 2.05) is 6.92 Å². The Bertz CT molecular complexity index is 489. The van der Waals surface area contributed by atoms with Gasteiger partial charge in [-0.25, -0.2) is 4.79 Å². The van der Waals surface area contributed by atoms with E-state index in [9.17, 15) is 9.59 Å². The molecule has 7 heteroatoms. The van der Waals surface area contributed by atoms with Crippen molar-refractivity contribution < 1.29 is 14.3 Å². The first-order chi connectivity index (χ1) is 9.69. The molecular formula is C13H19N3O3S. The third kappa shape index (κ3) is 2.98. The molecule has 0 aliphatic carbocycles. The molecule has 1 amide bonds. The van der Waals surface area contributed by atoms with Crippen LogP contribution in [-0.2, 0) is 16.0 Å². The Labute approximate surface area is 122 Å². The van der Waals surface area contributed by atoms with Crippen LogP contribution in [0.2, 0.25) is 0 Å². The third-order valence-electron chi connectivity index (χ3n) is 3.47. The number of amides is 1. The van der Waals surface area contributed by atoms with E-state index < -0.39 is 6.04 Å². The Morgan fingerprint density at radius 2 is 2.25 bits per heavy atom. The lowest BCUT2D eigenvalue weighted by atomic mass is 10.0.